The van der Waals surface area contributed by atoms with Crippen molar-refractivity contribution in [2.75, 3.05) is 0 Å². The van der Waals surface area contributed by atoms with Gasteiger partial charge >= 0.3 is 0 Å². The van der Waals surface area contributed by atoms with Crippen LogP contribution in [-0.4, -0.2) is 5.78 Å². The van der Waals surface area contributed by atoms with Crippen LogP contribution < -0.4 is 0 Å². The Hall–Kier alpha value is -1.26. The highest BCUT2D eigenvalue weighted by molar-refractivity contribution is 9.10. The van der Waals surface area contributed by atoms with Gasteiger partial charge in [0, 0.05) is 16.1 Å². The molecule has 0 N–H and O–H groups in total. The number of carbonyl (C=O) groups excluding carboxylic acids is 1. The fraction of sp³-hybridized carbons (Fsp3) is 0.0714. The molecule has 0 radical (unpaired) electrons. The van der Waals surface area contributed by atoms with Crippen molar-refractivity contribution in [3.63, 3.8) is 0 Å². The second kappa shape index (κ2) is 5.39. The first kappa shape index (κ1) is 14.2. The van der Waals surface area contributed by atoms with Crippen LogP contribution in [0, 0.1) is 18.6 Å². The Morgan fingerprint density at radius 1 is 1.11 bits per heavy atom. The van der Waals surface area contributed by atoms with Crippen molar-refractivity contribution in [3.8, 4) is 0 Å². The minimum atomic E-state index is -0.896. The van der Waals surface area contributed by atoms with E-state index in [2.05, 4.69) is 15.9 Å². The molecule has 0 bridgehead atoms. The van der Waals surface area contributed by atoms with Gasteiger partial charge in [-0.05, 0) is 36.8 Å². The summed E-state index contributed by atoms with van der Waals surface area (Å²) >= 11 is 9.17. The lowest BCUT2D eigenvalue weighted by Crippen LogP contribution is -2.06. The molecule has 0 saturated carbocycles. The summed E-state index contributed by atoms with van der Waals surface area (Å²) in [7, 11) is 0. The molecule has 0 fully saturated rings. The van der Waals surface area contributed by atoms with Crippen LogP contribution >= 0.6 is 27.5 Å². The molecule has 0 atom stereocenters. The average molecular weight is 346 g/mol. The number of aryl methyl sites for hydroxylation is 1. The predicted molar refractivity (Wildman–Crippen MR) is 73.7 cm³/mol. The van der Waals surface area contributed by atoms with Crippen LogP contribution in [0.4, 0.5) is 8.78 Å². The van der Waals surface area contributed by atoms with E-state index >= 15 is 0 Å². The molecule has 2 aromatic carbocycles. The molecule has 19 heavy (non-hydrogen) atoms. The standard InChI is InChI=1S/C14H8BrClF2O/c1-7-4-10(13(18)6-12(7)17)14(19)9-3-2-8(15)5-11(9)16/h2-6H,1H3. The number of carbonyl (C=O) groups is 1. The highest BCUT2D eigenvalue weighted by atomic mass is 79.9. The van der Waals surface area contributed by atoms with Crippen LogP contribution in [0.5, 0.6) is 0 Å². The van der Waals surface area contributed by atoms with Gasteiger partial charge in [0.1, 0.15) is 11.6 Å². The second-order valence-electron chi connectivity index (χ2n) is 4.03. The quantitative estimate of drug-likeness (QED) is 0.706. The third kappa shape index (κ3) is 2.85. The maximum Gasteiger partial charge on any atom is 0.197 e. The van der Waals surface area contributed by atoms with Crippen molar-refractivity contribution >= 4 is 33.3 Å². The number of halogens is 4. The van der Waals surface area contributed by atoms with E-state index in [-0.39, 0.29) is 21.7 Å². The third-order valence-electron chi connectivity index (χ3n) is 2.67. The topological polar surface area (TPSA) is 17.1 Å². The highest BCUT2D eigenvalue weighted by Gasteiger charge is 2.18. The summed E-state index contributed by atoms with van der Waals surface area (Å²) in [6.45, 7) is 1.47. The lowest BCUT2D eigenvalue weighted by Gasteiger charge is -2.07. The number of hydrogen-bond acceptors (Lipinski definition) is 1. The van der Waals surface area contributed by atoms with Crippen molar-refractivity contribution in [3.05, 3.63) is 68.2 Å². The number of ketones is 1. The molecule has 0 spiro atoms. The Bertz CT molecular complexity index is 671. The zero-order chi connectivity index (χ0) is 14.2. The average Bonchev–Trinajstić information content (AvgIpc) is 2.33. The molecule has 2 rings (SSSR count). The molecule has 0 unspecified atom stereocenters. The van der Waals surface area contributed by atoms with Crippen molar-refractivity contribution < 1.29 is 13.6 Å². The molecule has 98 valence electrons. The molecule has 0 saturated heterocycles. The normalized spacial score (nSPS) is 10.6. The Morgan fingerprint density at radius 2 is 1.79 bits per heavy atom. The molecule has 0 aliphatic carbocycles. The van der Waals surface area contributed by atoms with E-state index < -0.39 is 17.4 Å². The largest absolute Gasteiger partial charge is 0.288 e. The zero-order valence-corrected chi connectivity index (χ0v) is 12.1. The van der Waals surface area contributed by atoms with E-state index in [0.717, 1.165) is 0 Å². The summed E-state index contributed by atoms with van der Waals surface area (Å²) in [5.74, 6) is -2.15. The van der Waals surface area contributed by atoms with E-state index in [0.29, 0.717) is 10.5 Å². The molecule has 1 nitrogen and oxygen atoms in total. The van der Waals surface area contributed by atoms with E-state index in [1.54, 1.807) is 12.1 Å². The molecule has 2 aromatic rings. The minimum Gasteiger partial charge on any atom is -0.288 e. The van der Waals surface area contributed by atoms with Gasteiger partial charge < -0.3 is 0 Å². The van der Waals surface area contributed by atoms with E-state index in [1.807, 2.05) is 0 Å². The van der Waals surface area contributed by atoms with Gasteiger partial charge in [-0.15, -0.1) is 0 Å². The number of hydrogen-bond donors (Lipinski definition) is 0. The van der Waals surface area contributed by atoms with Crippen LogP contribution in [0.15, 0.2) is 34.8 Å². The van der Waals surface area contributed by atoms with Gasteiger partial charge in [0.2, 0.25) is 0 Å². The first-order valence-electron chi connectivity index (χ1n) is 5.35. The van der Waals surface area contributed by atoms with Crippen molar-refractivity contribution in [1.82, 2.24) is 0 Å². The molecule has 0 aromatic heterocycles. The fourth-order valence-electron chi connectivity index (χ4n) is 1.65. The second-order valence-corrected chi connectivity index (χ2v) is 5.36. The summed E-state index contributed by atoms with van der Waals surface area (Å²) in [5.41, 5.74) is 0.191. The monoisotopic (exact) mass is 344 g/mol. The summed E-state index contributed by atoms with van der Waals surface area (Å²) in [6.07, 6.45) is 0. The molecule has 0 aliphatic rings. The van der Waals surface area contributed by atoms with Crippen molar-refractivity contribution in [2.24, 2.45) is 0 Å². The van der Waals surface area contributed by atoms with Gasteiger partial charge in [0.15, 0.2) is 5.78 Å². The van der Waals surface area contributed by atoms with Crippen LogP contribution in [0.2, 0.25) is 5.02 Å². The fourth-order valence-corrected chi connectivity index (χ4v) is 2.41. The van der Waals surface area contributed by atoms with Crippen LogP contribution in [0.3, 0.4) is 0 Å². The van der Waals surface area contributed by atoms with Gasteiger partial charge in [0.25, 0.3) is 0 Å². The minimum absolute atomic E-state index is 0.176. The predicted octanol–water partition coefficient (Wildman–Crippen LogP) is 4.92. The molecule has 5 heteroatoms. The lowest BCUT2D eigenvalue weighted by molar-refractivity contribution is 0.103. The first-order chi connectivity index (χ1) is 8.90. The number of rotatable bonds is 2. The Balaban J connectivity index is 2.53. The van der Waals surface area contributed by atoms with Crippen molar-refractivity contribution in [2.45, 2.75) is 6.92 Å². The summed E-state index contributed by atoms with van der Waals surface area (Å²) in [4.78, 5) is 12.2. The summed E-state index contributed by atoms with van der Waals surface area (Å²) in [6, 6.07) is 6.56. The third-order valence-corrected chi connectivity index (χ3v) is 3.47. The number of benzene rings is 2. The van der Waals surface area contributed by atoms with Crippen LogP contribution in [0.25, 0.3) is 0 Å². The molecular formula is C14H8BrClF2O. The zero-order valence-electron chi connectivity index (χ0n) is 9.81. The highest BCUT2D eigenvalue weighted by Crippen LogP contribution is 2.25. The van der Waals surface area contributed by atoms with E-state index in [1.165, 1.54) is 19.1 Å². The van der Waals surface area contributed by atoms with Gasteiger partial charge in [-0.2, -0.15) is 0 Å². The van der Waals surface area contributed by atoms with E-state index in [4.69, 9.17) is 11.6 Å². The summed E-state index contributed by atoms with van der Waals surface area (Å²) in [5, 5.41) is 0.209. The van der Waals surface area contributed by atoms with Gasteiger partial charge in [-0.25, -0.2) is 8.78 Å². The Kier molecular flexibility index (Phi) is 4.02. The Labute approximate surface area is 122 Å². The van der Waals surface area contributed by atoms with E-state index in [9.17, 15) is 13.6 Å². The van der Waals surface area contributed by atoms with Gasteiger partial charge in [-0.1, -0.05) is 27.5 Å². The van der Waals surface area contributed by atoms with Crippen LogP contribution in [0.1, 0.15) is 21.5 Å². The molecule has 0 aliphatic heterocycles. The SMILES string of the molecule is Cc1cc(C(=O)c2ccc(Br)cc2Cl)c(F)cc1F. The maximum absolute atomic E-state index is 13.7. The summed E-state index contributed by atoms with van der Waals surface area (Å²) < 4.78 is 27.6. The van der Waals surface area contributed by atoms with Crippen molar-refractivity contribution in [1.29, 1.82) is 0 Å². The molecule has 0 amide bonds. The Morgan fingerprint density at radius 3 is 2.42 bits per heavy atom. The lowest BCUT2D eigenvalue weighted by atomic mass is 10.0. The molecule has 0 heterocycles. The maximum atomic E-state index is 13.7. The van der Waals surface area contributed by atoms with Crippen LogP contribution in [-0.2, 0) is 0 Å². The van der Waals surface area contributed by atoms with Gasteiger partial charge in [-0.3, -0.25) is 4.79 Å². The first-order valence-corrected chi connectivity index (χ1v) is 6.52. The smallest absolute Gasteiger partial charge is 0.197 e. The van der Waals surface area contributed by atoms with Gasteiger partial charge in [0.05, 0.1) is 10.6 Å². The molecular weight excluding hydrogens is 338 g/mol.